The predicted octanol–water partition coefficient (Wildman–Crippen LogP) is 12.9. The number of aromatic nitrogens is 2. The summed E-state index contributed by atoms with van der Waals surface area (Å²) in [5, 5.41) is 7.44. The molecular formula is C48H34N2. The van der Waals surface area contributed by atoms with Gasteiger partial charge in [0, 0.05) is 23.5 Å². The Balaban J connectivity index is 1.32. The van der Waals surface area contributed by atoms with Gasteiger partial charge in [-0.2, -0.15) is 0 Å². The van der Waals surface area contributed by atoms with Gasteiger partial charge in [0.1, 0.15) is 0 Å². The fraction of sp³-hybridized carbons (Fsp3) is 0.0417. The molecular weight excluding hydrogens is 605 g/mol. The Morgan fingerprint density at radius 1 is 0.340 bits per heavy atom. The van der Waals surface area contributed by atoms with E-state index in [2.05, 4.69) is 157 Å². The van der Waals surface area contributed by atoms with Crippen LogP contribution in [0.2, 0.25) is 0 Å². The molecule has 0 bridgehead atoms. The average molecular weight is 639 g/mol. The van der Waals surface area contributed by atoms with Crippen LogP contribution in [-0.4, -0.2) is 9.97 Å². The molecule has 9 aromatic rings. The van der Waals surface area contributed by atoms with Crippen LogP contribution < -0.4 is 0 Å². The minimum Gasteiger partial charge on any atom is -0.256 e. The van der Waals surface area contributed by atoms with Crippen molar-refractivity contribution >= 4 is 32.3 Å². The van der Waals surface area contributed by atoms with Gasteiger partial charge in [0.15, 0.2) is 0 Å². The van der Waals surface area contributed by atoms with Crippen molar-refractivity contribution < 1.29 is 0 Å². The molecule has 0 atom stereocenters. The summed E-state index contributed by atoms with van der Waals surface area (Å²) < 4.78 is 0. The first-order valence-corrected chi connectivity index (χ1v) is 17.1. The molecule has 0 aliphatic rings. The lowest BCUT2D eigenvalue weighted by Gasteiger charge is -2.20. The van der Waals surface area contributed by atoms with Crippen LogP contribution in [0, 0.1) is 13.8 Å². The zero-order chi connectivity index (χ0) is 33.6. The average Bonchev–Trinajstić information content (AvgIpc) is 3.17. The summed E-state index contributed by atoms with van der Waals surface area (Å²) in [4.78, 5) is 9.30. The van der Waals surface area contributed by atoms with Crippen molar-refractivity contribution in [3.63, 3.8) is 0 Å². The number of aryl methyl sites for hydroxylation is 2. The normalized spacial score (nSPS) is 11.4. The molecule has 9 rings (SSSR count). The quantitative estimate of drug-likeness (QED) is 0.175. The maximum Gasteiger partial charge on any atom is 0.0704 e. The van der Waals surface area contributed by atoms with Crippen molar-refractivity contribution in [3.8, 4) is 55.9 Å². The van der Waals surface area contributed by atoms with Crippen LogP contribution in [0.3, 0.4) is 0 Å². The minimum absolute atomic E-state index is 0.990. The summed E-state index contributed by atoms with van der Waals surface area (Å²) in [5.41, 5.74) is 14.0. The highest BCUT2D eigenvalue weighted by Crippen LogP contribution is 2.46. The topological polar surface area (TPSA) is 25.8 Å². The Morgan fingerprint density at radius 3 is 1.40 bits per heavy atom. The van der Waals surface area contributed by atoms with E-state index in [4.69, 9.17) is 0 Å². The van der Waals surface area contributed by atoms with Gasteiger partial charge in [0.2, 0.25) is 0 Å². The number of benzene rings is 7. The second kappa shape index (κ2) is 12.3. The van der Waals surface area contributed by atoms with E-state index in [1.165, 1.54) is 76.8 Å². The van der Waals surface area contributed by atoms with Crippen molar-refractivity contribution in [2.75, 3.05) is 0 Å². The standard InChI is InChI=1S/C48H34N2/c1-31-27-37(20-22-39(31)45-15-7-9-25-49-45)47-41-13-5-6-14-42(41)48(38-21-23-40(32(2)28-38)46-16-8-10-26-50-46)44-30-36(19-24-43(44)47)35-18-17-33-11-3-4-12-34(33)29-35/h3-30H,1-2H3. The van der Waals surface area contributed by atoms with E-state index in [9.17, 15) is 0 Å². The largest absolute Gasteiger partial charge is 0.256 e. The smallest absolute Gasteiger partial charge is 0.0704 e. The van der Waals surface area contributed by atoms with E-state index < -0.39 is 0 Å². The van der Waals surface area contributed by atoms with Crippen LogP contribution in [-0.2, 0) is 0 Å². The summed E-state index contributed by atoms with van der Waals surface area (Å²) in [6.45, 7) is 4.38. The van der Waals surface area contributed by atoms with Crippen LogP contribution in [0.5, 0.6) is 0 Å². The van der Waals surface area contributed by atoms with Crippen LogP contribution in [0.25, 0.3) is 88.2 Å². The lowest BCUT2D eigenvalue weighted by molar-refractivity contribution is 1.31. The van der Waals surface area contributed by atoms with Crippen LogP contribution >= 0.6 is 0 Å². The number of pyridine rings is 2. The van der Waals surface area contributed by atoms with Gasteiger partial charge < -0.3 is 0 Å². The molecule has 0 unspecified atom stereocenters. The van der Waals surface area contributed by atoms with Crippen molar-refractivity contribution in [3.05, 3.63) is 181 Å². The molecule has 0 aliphatic heterocycles. The molecule has 2 heteroatoms. The molecule has 50 heavy (non-hydrogen) atoms. The van der Waals surface area contributed by atoms with E-state index in [1.54, 1.807) is 0 Å². The van der Waals surface area contributed by atoms with Gasteiger partial charge >= 0.3 is 0 Å². The predicted molar refractivity (Wildman–Crippen MR) is 211 cm³/mol. The second-order valence-corrected chi connectivity index (χ2v) is 13.1. The van der Waals surface area contributed by atoms with E-state index in [0.717, 1.165) is 22.5 Å². The van der Waals surface area contributed by atoms with E-state index >= 15 is 0 Å². The third-order valence-electron chi connectivity index (χ3n) is 10.0. The Hall–Kier alpha value is -6.38. The van der Waals surface area contributed by atoms with Gasteiger partial charge in [-0.3, -0.25) is 9.97 Å². The number of rotatable bonds is 5. The van der Waals surface area contributed by atoms with Crippen molar-refractivity contribution in [2.45, 2.75) is 13.8 Å². The van der Waals surface area contributed by atoms with Gasteiger partial charge in [0.25, 0.3) is 0 Å². The van der Waals surface area contributed by atoms with Crippen molar-refractivity contribution in [1.29, 1.82) is 0 Å². The summed E-state index contributed by atoms with van der Waals surface area (Å²) in [6, 6.07) is 57.1. The van der Waals surface area contributed by atoms with Gasteiger partial charge in [-0.05, 0) is 127 Å². The Labute approximate surface area is 292 Å². The molecule has 2 aromatic heterocycles. The molecule has 0 spiro atoms. The van der Waals surface area contributed by atoms with Crippen LogP contribution in [0.4, 0.5) is 0 Å². The zero-order valence-corrected chi connectivity index (χ0v) is 28.1. The monoisotopic (exact) mass is 638 g/mol. The fourth-order valence-corrected chi connectivity index (χ4v) is 7.61. The highest BCUT2D eigenvalue weighted by atomic mass is 14.7. The van der Waals surface area contributed by atoms with Crippen LogP contribution in [0.1, 0.15) is 11.1 Å². The third-order valence-corrected chi connectivity index (χ3v) is 10.0. The Morgan fingerprint density at radius 2 is 0.820 bits per heavy atom. The molecule has 7 aromatic carbocycles. The third kappa shape index (κ3) is 5.14. The maximum atomic E-state index is 4.65. The summed E-state index contributed by atoms with van der Waals surface area (Å²) in [6.07, 6.45) is 3.72. The molecule has 236 valence electrons. The van der Waals surface area contributed by atoms with Gasteiger partial charge in [-0.25, -0.2) is 0 Å². The highest BCUT2D eigenvalue weighted by Gasteiger charge is 2.19. The first-order valence-electron chi connectivity index (χ1n) is 17.1. The Kier molecular flexibility index (Phi) is 7.29. The van der Waals surface area contributed by atoms with Gasteiger partial charge in [-0.15, -0.1) is 0 Å². The first-order chi connectivity index (χ1) is 24.6. The molecule has 0 saturated carbocycles. The molecule has 0 aliphatic carbocycles. The van der Waals surface area contributed by atoms with E-state index in [-0.39, 0.29) is 0 Å². The molecule has 0 amide bonds. The SMILES string of the molecule is Cc1cc(-c2c3ccccc3c(-c3ccc(-c4ccccn4)c(C)c3)c3cc(-c4ccc5ccccc5c4)ccc23)ccc1-c1ccccn1. The van der Waals surface area contributed by atoms with Gasteiger partial charge in [-0.1, -0.05) is 121 Å². The Bertz CT molecular complexity index is 2710. The molecule has 0 saturated heterocycles. The fourth-order valence-electron chi connectivity index (χ4n) is 7.61. The van der Waals surface area contributed by atoms with Crippen LogP contribution in [0.15, 0.2) is 170 Å². The van der Waals surface area contributed by atoms with Crippen molar-refractivity contribution in [2.24, 2.45) is 0 Å². The molecule has 0 N–H and O–H groups in total. The molecule has 0 radical (unpaired) electrons. The maximum absolute atomic E-state index is 4.65. The number of hydrogen-bond donors (Lipinski definition) is 0. The van der Waals surface area contributed by atoms with Gasteiger partial charge in [0.05, 0.1) is 11.4 Å². The number of hydrogen-bond acceptors (Lipinski definition) is 2. The van der Waals surface area contributed by atoms with E-state index in [0.29, 0.717) is 0 Å². The van der Waals surface area contributed by atoms with E-state index in [1.807, 2.05) is 36.7 Å². The minimum atomic E-state index is 0.990. The molecule has 2 nitrogen and oxygen atoms in total. The highest BCUT2D eigenvalue weighted by molar-refractivity contribution is 6.22. The van der Waals surface area contributed by atoms with Crippen molar-refractivity contribution in [1.82, 2.24) is 9.97 Å². The zero-order valence-electron chi connectivity index (χ0n) is 28.1. The summed E-state index contributed by atoms with van der Waals surface area (Å²) in [5.74, 6) is 0. The molecule has 0 fully saturated rings. The molecule has 2 heterocycles. The number of fused-ring (bicyclic) bond motifs is 3. The first kappa shape index (κ1) is 29.7. The summed E-state index contributed by atoms with van der Waals surface area (Å²) >= 11 is 0. The summed E-state index contributed by atoms with van der Waals surface area (Å²) in [7, 11) is 0. The lowest BCUT2D eigenvalue weighted by Crippen LogP contribution is -1.94. The second-order valence-electron chi connectivity index (χ2n) is 13.1. The lowest BCUT2D eigenvalue weighted by atomic mass is 9.83. The number of nitrogens with zero attached hydrogens (tertiary/aromatic N) is 2.